The van der Waals surface area contributed by atoms with E-state index in [2.05, 4.69) is 10.4 Å². The molecule has 0 unspecified atom stereocenters. The highest BCUT2D eigenvalue weighted by atomic mass is 19.4. The Balaban J connectivity index is 2.55. The Hall–Kier alpha value is -2.31. The zero-order chi connectivity index (χ0) is 14.8. The van der Waals surface area contributed by atoms with Crippen LogP contribution in [0.2, 0.25) is 0 Å². The van der Waals surface area contributed by atoms with Crippen LogP contribution in [0.3, 0.4) is 0 Å². The van der Waals surface area contributed by atoms with Gasteiger partial charge in [0.15, 0.2) is 5.82 Å². The molecular weight excluding hydrogens is 271 g/mol. The van der Waals surface area contributed by atoms with Crippen LogP contribution < -0.4 is 5.32 Å². The number of carbonyl (C=O) groups excluding carboxylic acids is 1. The van der Waals surface area contributed by atoms with Crippen LogP contribution in [-0.4, -0.2) is 16.1 Å². The normalized spacial score (nSPS) is 11.4. The molecule has 0 fully saturated rings. The average molecular weight is 283 g/mol. The third kappa shape index (κ3) is 2.81. The molecule has 0 aliphatic rings. The Morgan fingerprint density at radius 3 is 2.50 bits per heavy atom. The first-order chi connectivity index (χ1) is 9.43. The van der Waals surface area contributed by atoms with E-state index in [4.69, 9.17) is 0 Å². The predicted octanol–water partition coefficient (Wildman–Crippen LogP) is 3.44. The summed E-state index contributed by atoms with van der Waals surface area (Å²) in [7, 11) is 0. The fraction of sp³-hybridized carbons (Fsp3) is 0.231. The summed E-state index contributed by atoms with van der Waals surface area (Å²) in [6.45, 7) is 1.61. The second-order valence-corrected chi connectivity index (χ2v) is 4.09. The Morgan fingerprint density at radius 1 is 1.30 bits per heavy atom. The molecule has 0 aliphatic heterocycles. The highest BCUT2D eigenvalue weighted by molar-refractivity contribution is 5.94. The quantitative estimate of drug-likeness (QED) is 0.906. The van der Waals surface area contributed by atoms with Crippen LogP contribution in [0, 0.1) is 0 Å². The van der Waals surface area contributed by atoms with E-state index < -0.39 is 17.8 Å². The molecule has 4 nitrogen and oxygen atoms in total. The Kier molecular flexibility index (Phi) is 3.78. The molecule has 2 rings (SSSR count). The van der Waals surface area contributed by atoms with Crippen LogP contribution >= 0.6 is 0 Å². The van der Waals surface area contributed by atoms with Gasteiger partial charge in [-0.05, 0) is 5.56 Å². The van der Waals surface area contributed by atoms with Gasteiger partial charge in [0.1, 0.15) is 5.69 Å². The van der Waals surface area contributed by atoms with Crippen molar-refractivity contribution in [2.24, 2.45) is 0 Å². The third-order valence-electron chi connectivity index (χ3n) is 2.69. The maximum Gasteiger partial charge on any atom is 0.433 e. The van der Waals surface area contributed by atoms with E-state index in [1.54, 1.807) is 25.1 Å². The van der Waals surface area contributed by atoms with E-state index in [0.717, 1.165) is 0 Å². The van der Waals surface area contributed by atoms with Crippen molar-refractivity contribution in [2.75, 3.05) is 5.32 Å². The Morgan fingerprint density at radius 2 is 1.95 bits per heavy atom. The highest BCUT2D eigenvalue weighted by Gasteiger charge is 2.38. The maximum atomic E-state index is 13.0. The van der Waals surface area contributed by atoms with Gasteiger partial charge in [-0.25, -0.2) is 0 Å². The van der Waals surface area contributed by atoms with Crippen molar-refractivity contribution >= 4 is 11.7 Å². The molecule has 0 bridgehead atoms. The minimum atomic E-state index is -4.58. The zero-order valence-electron chi connectivity index (χ0n) is 10.6. The Labute approximate surface area is 113 Å². The number of alkyl halides is 3. The number of halogens is 3. The van der Waals surface area contributed by atoms with Crippen molar-refractivity contribution in [1.29, 1.82) is 0 Å². The molecule has 0 aliphatic carbocycles. The number of anilines is 1. The molecule has 2 aromatic rings. The zero-order valence-corrected chi connectivity index (χ0v) is 10.6. The lowest BCUT2D eigenvalue weighted by molar-refractivity contribution is -0.140. The monoisotopic (exact) mass is 283 g/mol. The largest absolute Gasteiger partial charge is 0.433 e. The molecule has 1 aromatic carbocycles. The van der Waals surface area contributed by atoms with Crippen LogP contribution in [0.15, 0.2) is 30.3 Å². The van der Waals surface area contributed by atoms with Crippen LogP contribution in [0.4, 0.5) is 19.0 Å². The molecule has 0 atom stereocenters. The summed E-state index contributed by atoms with van der Waals surface area (Å²) in [6, 6.07) is 7.99. The second-order valence-electron chi connectivity index (χ2n) is 4.09. The van der Waals surface area contributed by atoms with Crippen molar-refractivity contribution in [3.63, 3.8) is 0 Å². The standard InChI is InChI=1S/C13H12F3N3O/c1-2-9(20)17-12-10(8-6-4-3-5-7-8)11(18-19-12)13(14,15)16/h3-7H,2H2,1H3,(H2,17,18,19,20). The summed E-state index contributed by atoms with van der Waals surface area (Å²) in [6.07, 6.45) is -4.42. The first-order valence-corrected chi connectivity index (χ1v) is 5.94. The number of nitrogens with zero attached hydrogens (tertiary/aromatic N) is 1. The molecular formula is C13H12F3N3O. The van der Waals surface area contributed by atoms with Crippen molar-refractivity contribution in [1.82, 2.24) is 10.2 Å². The Bertz CT molecular complexity index is 605. The molecule has 7 heteroatoms. The van der Waals surface area contributed by atoms with Crippen molar-refractivity contribution in [3.8, 4) is 11.1 Å². The van der Waals surface area contributed by atoms with Crippen LogP contribution in [-0.2, 0) is 11.0 Å². The first kappa shape index (κ1) is 14.1. The third-order valence-corrected chi connectivity index (χ3v) is 2.69. The fourth-order valence-corrected chi connectivity index (χ4v) is 1.74. The lowest BCUT2D eigenvalue weighted by Crippen LogP contribution is -2.11. The van der Waals surface area contributed by atoms with Gasteiger partial charge in [0.05, 0.1) is 5.56 Å². The minimum absolute atomic E-state index is 0.115. The van der Waals surface area contributed by atoms with Crippen LogP contribution in [0.1, 0.15) is 19.0 Å². The number of rotatable bonds is 3. The molecule has 0 saturated heterocycles. The summed E-state index contributed by atoms with van der Waals surface area (Å²) in [4.78, 5) is 11.4. The highest BCUT2D eigenvalue weighted by Crippen LogP contribution is 2.39. The number of hydrogen-bond acceptors (Lipinski definition) is 2. The molecule has 1 amide bonds. The lowest BCUT2D eigenvalue weighted by Gasteiger charge is -2.09. The molecule has 0 spiro atoms. The first-order valence-electron chi connectivity index (χ1n) is 5.94. The van der Waals surface area contributed by atoms with Gasteiger partial charge in [-0.2, -0.15) is 18.3 Å². The van der Waals surface area contributed by atoms with Gasteiger partial charge in [-0.1, -0.05) is 37.3 Å². The molecule has 0 radical (unpaired) electrons. The van der Waals surface area contributed by atoms with E-state index in [1.165, 1.54) is 12.1 Å². The number of nitrogens with one attached hydrogen (secondary N) is 2. The second kappa shape index (κ2) is 5.36. The number of amides is 1. The molecule has 106 valence electrons. The van der Waals surface area contributed by atoms with Crippen molar-refractivity contribution in [2.45, 2.75) is 19.5 Å². The maximum absolute atomic E-state index is 13.0. The van der Waals surface area contributed by atoms with E-state index in [-0.39, 0.29) is 17.8 Å². The summed E-state index contributed by atoms with van der Waals surface area (Å²) in [5.41, 5.74) is -0.796. The summed E-state index contributed by atoms with van der Waals surface area (Å²) in [5.74, 6) is -0.516. The summed E-state index contributed by atoms with van der Waals surface area (Å²) in [5, 5.41) is 7.89. The molecule has 0 saturated carbocycles. The number of carbonyl (C=O) groups is 1. The number of aromatic amines is 1. The summed E-state index contributed by atoms with van der Waals surface area (Å²) < 4.78 is 38.9. The topological polar surface area (TPSA) is 57.8 Å². The fourth-order valence-electron chi connectivity index (χ4n) is 1.74. The van der Waals surface area contributed by atoms with Gasteiger partial charge in [0.2, 0.25) is 5.91 Å². The van der Waals surface area contributed by atoms with Crippen LogP contribution in [0.25, 0.3) is 11.1 Å². The smallest absolute Gasteiger partial charge is 0.309 e. The van der Waals surface area contributed by atoms with Gasteiger partial charge >= 0.3 is 6.18 Å². The molecule has 1 aromatic heterocycles. The number of hydrogen-bond donors (Lipinski definition) is 2. The van der Waals surface area contributed by atoms with Gasteiger partial charge in [-0.3, -0.25) is 9.89 Å². The number of H-pyrrole nitrogens is 1. The van der Waals surface area contributed by atoms with Crippen LogP contribution in [0.5, 0.6) is 0 Å². The van der Waals surface area contributed by atoms with Gasteiger partial charge < -0.3 is 5.32 Å². The van der Waals surface area contributed by atoms with Crippen molar-refractivity contribution in [3.05, 3.63) is 36.0 Å². The van der Waals surface area contributed by atoms with Crippen molar-refractivity contribution < 1.29 is 18.0 Å². The molecule has 2 N–H and O–H groups in total. The molecule has 1 heterocycles. The van der Waals surface area contributed by atoms with E-state index in [9.17, 15) is 18.0 Å². The van der Waals surface area contributed by atoms with Gasteiger partial charge in [0.25, 0.3) is 0 Å². The average Bonchev–Trinajstić information content (AvgIpc) is 2.83. The number of aromatic nitrogens is 2. The summed E-state index contributed by atoms with van der Waals surface area (Å²) >= 11 is 0. The number of benzene rings is 1. The SMILES string of the molecule is CCC(=O)Nc1n[nH]c(C(F)(F)F)c1-c1ccccc1. The predicted molar refractivity (Wildman–Crippen MR) is 67.9 cm³/mol. The van der Waals surface area contributed by atoms with E-state index in [0.29, 0.717) is 5.56 Å². The van der Waals surface area contributed by atoms with E-state index in [1.807, 2.05) is 5.10 Å². The van der Waals surface area contributed by atoms with Gasteiger partial charge in [0, 0.05) is 6.42 Å². The molecule has 20 heavy (non-hydrogen) atoms. The van der Waals surface area contributed by atoms with E-state index >= 15 is 0 Å². The van der Waals surface area contributed by atoms with Gasteiger partial charge in [-0.15, -0.1) is 0 Å². The minimum Gasteiger partial charge on any atom is -0.309 e. The lowest BCUT2D eigenvalue weighted by atomic mass is 10.1.